The molecule has 0 aromatic carbocycles. The van der Waals surface area contributed by atoms with Crippen molar-refractivity contribution in [2.24, 2.45) is 5.92 Å². The van der Waals surface area contributed by atoms with E-state index in [-0.39, 0.29) is 42.9 Å². The SMILES string of the molecule is CC(CC(=O)POCO)C(=O)O.[H-].[Na+]. The zero-order valence-corrected chi connectivity index (χ0v) is 10.6. The number of aliphatic hydroxyl groups is 1. The van der Waals surface area contributed by atoms with Gasteiger partial charge in [-0.15, -0.1) is 0 Å². The van der Waals surface area contributed by atoms with Gasteiger partial charge in [-0.1, -0.05) is 6.92 Å². The molecule has 13 heavy (non-hydrogen) atoms. The normalized spacial score (nSPS) is 12.5. The van der Waals surface area contributed by atoms with Crippen LogP contribution in [0.4, 0.5) is 0 Å². The molecule has 72 valence electrons. The molecule has 7 heteroatoms. The first kappa shape index (κ1) is 15.9. The molecule has 0 aliphatic heterocycles. The number of hydrogen-bond acceptors (Lipinski definition) is 4. The van der Waals surface area contributed by atoms with E-state index in [1.54, 1.807) is 0 Å². The summed E-state index contributed by atoms with van der Waals surface area (Å²) in [6.07, 6.45) is -0.0478. The average Bonchev–Trinajstić information content (AvgIpc) is 2.00. The van der Waals surface area contributed by atoms with Gasteiger partial charge in [-0.05, 0) is 0 Å². The summed E-state index contributed by atoms with van der Waals surface area (Å²) in [6.45, 7) is 0.940. The van der Waals surface area contributed by atoms with Gasteiger partial charge in [0.15, 0.2) is 5.52 Å². The van der Waals surface area contributed by atoms with Crippen LogP contribution in [0.3, 0.4) is 0 Å². The molecule has 0 aromatic rings. The van der Waals surface area contributed by atoms with Gasteiger partial charge in [0.05, 0.1) is 14.7 Å². The van der Waals surface area contributed by atoms with Gasteiger partial charge < -0.3 is 16.2 Å². The Balaban J connectivity index is -0.000000605. The van der Waals surface area contributed by atoms with Crippen molar-refractivity contribution in [1.82, 2.24) is 0 Å². The third-order valence-electron chi connectivity index (χ3n) is 1.16. The summed E-state index contributed by atoms with van der Waals surface area (Å²) in [4.78, 5) is 21.1. The van der Waals surface area contributed by atoms with Crippen LogP contribution in [0.1, 0.15) is 14.8 Å². The summed E-state index contributed by atoms with van der Waals surface area (Å²) >= 11 is 0. The van der Waals surface area contributed by atoms with Crippen LogP contribution in [0.5, 0.6) is 0 Å². The van der Waals surface area contributed by atoms with Crippen LogP contribution in [-0.2, 0) is 14.1 Å². The van der Waals surface area contributed by atoms with Crippen LogP contribution >= 0.6 is 8.81 Å². The number of carbonyl (C=O) groups is 2. The third kappa shape index (κ3) is 8.81. The van der Waals surface area contributed by atoms with Crippen LogP contribution in [0, 0.1) is 5.92 Å². The first-order valence-corrected chi connectivity index (χ1v) is 4.23. The standard InChI is InChI=1S/C6H11O5P.Na.H/c1-4(6(9)10)2-5(8)12-11-3-7;;/h4,7,12H,2-3H2,1H3,(H,9,10);;/q;+1;-1. The van der Waals surface area contributed by atoms with E-state index >= 15 is 0 Å². The van der Waals surface area contributed by atoms with Gasteiger partial charge in [0.25, 0.3) is 0 Å². The van der Waals surface area contributed by atoms with Crippen molar-refractivity contribution < 1.29 is 55.3 Å². The van der Waals surface area contributed by atoms with Crippen molar-refractivity contribution >= 4 is 20.3 Å². The van der Waals surface area contributed by atoms with Crippen molar-refractivity contribution in [3.05, 3.63) is 0 Å². The quantitative estimate of drug-likeness (QED) is 0.288. The first-order valence-electron chi connectivity index (χ1n) is 3.32. The van der Waals surface area contributed by atoms with Crippen LogP contribution in [0.2, 0.25) is 0 Å². The molecule has 2 atom stereocenters. The van der Waals surface area contributed by atoms with E-state index in [0.29, 0.717) is 0 Å². The van der Waals surface area contributed by atoms with Crippen LogP contribution in [0.15, 0.2) is 0 Å². The van der Waals surface area contributed by atoms with Crippen LogP contribution in [0.25, 0.3) is 0 Å². The fraction of sp³-hybridized carbons (Fsp3) is 0.667. The number of rotatable bonds is 6. The topological polar surface area (TPSA) is 83.8 Å². The molecule has 0 fully saturated rings. The van der Waals surface area contributed by atoms with E-state index in [4.69, 9.17) is 10.2 Å². The van der Waals surface area contributed by atoms with Gasteiger partial charge >= 0.3 is 35.5 Å². The molecule has 5 nitrogen and oxygen atoms in total. The number of aliphatic carboxylic acids is 1. The molecular weight excluding hydrogens is 206 g/mol. The van der Waals surface area contributed by atoms with Crippen LogP contribution < -0.4 is 29.6 Å². The Labute approximate surface area is 101 Å². The minimum atomic E-state index is -1.00. The molecule has 0 saturated heterocycles. The van der Waals surface area contributed by atoms with Gasteiger partial charge in [0, 0.05) is 6.42 Å². The second-order valence-electron chi connectivity index (χ2n) is 2.24. The summed E-state index contributed by atoms with van der Waals surface area (Å²) in [5.41, 5.74) is -0.293. The average molecular weight is 218 g/mol. The minimum Gasteiger partial charge on any atom is -1.00 e. The molecule has 0 aliphatic rings. The Hall–Kier alpha value is 0.490. The minimum absolute atomic E-state index is 0. The maximum absolute atomic E-state index is 10.8. The molecule has 0 saturated carbocycles. The smallest absolute Gasteiger partial charge is 1.00 e. The summed E-state index contributed by atoms with van der Waals surface area (Å²) in [5, 5.41) is 16.6. The summed E-state index contributed by atoms with van der Waals surface area (Å²) in [7, 11) is -0.461. The summed E-state index contributed by atoms with van der Waals surface area (Å²) < 4.78 is 4.42. The van der Waals surface area contributed by atoms with Crippen LogP contribution in [-0.4, -0.2) is 28.5 Å². The Morgan fingerprint density at radius 2 is 2.15 bits per heavy atom. The Morgan fingerprint density at radius 3 is 2.54 bits per heavy atom. The maximum atomic E-state index is 10.8. The molecule has 0 bridgehead atoms. The number of carboxylic acid groups (broad SMARTS) is 1. The molecule has 2 unspecified atom stereocenters. The Morgan fingerprint density at radius 1 is 1.62 bits per heavy atom. The molecule has 0 aliphatic carbocycles. The third-order valence-corrected chi connectivity index (χ3v) is 1.87. The Bertz CT molecular complexity index is 180. The van der Waals surface area contributed by atoms with E-state index in [2.05, 4.69) is 4.52 Å². The first-order chi connectivity index (χ1) is 5.57. The summed E-state index contributed by atoms with van der Waals surface area (Å²) in [6, 6.07) is 0. The van der Waals surface area contributed by atoms with E-state index in [1.807, 2.05) is 0 Å². The van der Waals surface area contributed by atoms with Crippen molar-refractivity contribution in [3.63, 3.8) is 0 Å². The molecule has 0 amide bonds. The van der Waals surface area contributed by atoms with E-state index in [9.17, 15) is 9.59 Å². The van der Waals surface area contributed by atoms with E-state index in [0.717, 1.165) is 0 Å². The molecule has 0 rings (SSSR count). The Kier molecular flexibility index (Phi) is 11.1. The molecule has 0 spiro atoms. The fourth-order valence-corrected chi connectivity index (χ4v) is 1.13. The van der Waals surface area contributed by atoms with Gasteiger partial charge in [-0.3, -0.25) is 9.59 Å². The second-order valence-corrected chi connectivity index (χ2v) is 3.29. The van der Waals surface area contributed by atoms with E-state index < -0.39 is 27.5 Å². The maximum Gasteiger partial charge on any atom is 1.00 e. The van der Waals surface area contributed by atoms with Gasteiger partial charge in [-0.25, -0.2) is 0 Å². The molecule has 0 aromatic heterocycles. The number of aliphatic hydroxyl groups excluding tert-OH is 1. The molecule has 2 N–H and O–H groups in total. The fourth-order valence-electron chi connectivity index (χ4n) is 0.520. The predicted octanol–water partition coefficient (Wildman–Crippen LogP) is -2.70. The number of carbonyl (C=O) groups excluding carboxylic acids is 1. The zero-order chi connectivity index (χ0) is 9.56. The van der Waals surface area contributed by atoms with Gasteiger partial charge in [0.1, 0.15) is 6.79 Å². The summed E-state index contributed by atoms with van der Waals surface area (Å²) in [5.74, 6) is -1.69. The van der Waals surface area contributed by atoms with Crippen molar-refractivity contribution in [2.45, 2.75) is 13.3 Å². The van der Waals surface area contributed by atoms with Crippen molar-refractivity contribution in [3.8, 4) is 0 Å². The molecular formula is C6H12NaO5P. The molecule has 0 radical (unpaired) electrons. The number of carboxylic acids is 1. The zero-order valence-electron chi connectivity index (χ0n) is 8.61. The molecule has 0 heterocycles. The van der Waals surface area contributed by atoms with Crippen molar-refractivity contribution in [1.29, 1.82) is 0 Å². The largest absolute Gasteiger partial charge is 1.00 e. The van der Waals surface area contributed by atoms with E-state index in [1.165, 1.54) is 6.92 Å². The second kappa shape index (κ2) is 9.06. The monoisotopic (exact) mass is 218 g/mol. The number of hydrogen-bond donors (Lipinski definition) is 2. The van der Waals surface area contributed by atoms with Gasteiger partial charge in [-0.2, -0.15) is 0 Å². The van der Waals surface area contributed by atoms with Gasteiger partial charge in [0.2, 0.25) is 0 Å². The predicted molar refractivity (Wildman–Crippen MR) is 44.0 cm³/mol. The van der Waals surface area contributed by atoms with Crippen molar-refractivity contribution in [2.75, 3.05) is 6.79 Å².